The van der Waals surface area contributed by atoms with Crippen LogP contribution < -0.4 is 9.62 Å². The number of hydrogen-bond donors (Lipinski definition) is 1. The Bertz CT molecular complexity index is 677. The minimum absolute atomic E-state index is 0.248. The third kappa shape index (κ3) is 7.24. The highest BCUT2D eigenvalue weighted by Gasteiger charge is 2.21. The Balaban J connectivity index is 2.79. The Hall–Kier alpha value is -1.27. The van der Waals surface area contributed by atoms with Crippen LogP contribution in [-0.2, 0) is 14.8 Å². The molecule has 0 fully saturated rings. The van der Waals surface area contributed by atoms with Crippen LogP contribution in [0.1, 0.15) is 45.1 Å². The van der Waals surface area contributed by atoms with Gasteiger partial charge in [0.05, 0.1) is 11.9 Å². The Morgan fingerprint density at radius 2 is 2.00 bits per heavy atom. The van der Waals surface area contributed by atoms with Gasteiger partial charge in [-0.3, -0.25) is 9.10 Å². The molecule has 0 aromatic heterocycles. The van der Waals surface area contributed by atoms with Crippen molar-refractivity contribution in [1.82, 2.24) is 5.32 Å². The van der Waals surface area contributed by atoms with Gasteiger partial charge in [-0.2, -0.15) is 0 Å². The van der Waals surface area contributed by atoms with Crippen LogP contribution in [0, 0.1) is 12.8 Å². The van der Waals surface area contributed by atoms with Gasteiger partial charge in [0.2, 0.25) is 15.9 Å². The summed E-state index contributed by atoms with van der Waals surface area (Å²) in [6.07, 6.45) is 5.40. The molecule has 1 N–H and O–H groups in total. The maximum absolute atomic E-state index is 12.3. The zero-order valence-electron chi connectivity index (χ0n) is 15.5. The molecule has 0 unspecified atom stereocenters. The van der Waals surface area contributed by atoms with Crippen molar-refractivity contribution in [1.29, 1.82) is 0 Å². The van der Waals surface area contributed by atoms with Crippen molar-refractivity contribution in [3.8, 4) is 0 Å². The zero-order valence-corrected chi connectivity index (χ0v) is 17.1. The topological polar surface area (TPSA) is 66.5 Å². The van der Waals surface area contributed by atoms with E-state index in [1.165, 1.54) is 0 Å². The SMILES string of the molecule is CCCC[C@@H](CC)CNC(=O)CN(c1ccc(C)c(Cl)c1)S(C)(=O)=O. The van der Waals surface area contributed by atoms with E-state index in [0.717, 1.165) is 41.8 Å². The first-order chi connectivity index (χ1) is 11.7. The van der Waals surface area contributed by atoms with Crippen LogP contribution in [0.25, 0.3) is 0 Å². The number of carbonyl (C=O) groups excluding carboxylic acids is 1. The lowest BCUT2D eigenvalue weighted by atomic mass is 9.99. The third-order valence-corrected chi connectivity index (χ3v) is 5.81. The van der Waals surface area contributed by atoms with Crippen LogP contribution in [0.15, 0.2) is 18.2 Å². The van der Waals surface area contributed by atoms with Gasteiger partial charge in [0.15, 0.2) is 0 Å². The molecule has 1 atom stereocenters. The molecule has 5 nitrogen and oxygen atoms in total. The minimum atomic E-state index is -3.59. The first-order valence-electron chi connectivity index (χ1n) is 8.69. The molecule has 1 aromatic rings. The van der Waals surface area contributed by atoms with Crippen molar-refractivity contribution in [3.05, 3.63) is 28.8 Å². The van der Waals surface area contributed by atoms with Gasteiger partial charge in [-0.25, -0.2) is 8.42 Å². The summed E-state index contributed by atoms with van der Waals surface area (Å²) in [6.45, 7) is 6.40. The Morgan fingerprint density at radius 3 is 2.52 bits per heavy atom. The van der Waals surface area contributed by atoms with Crippen LogP contribution >= 0.6 is 11.6 Å². The Morgan fingerprint density at radius 1 is 1.32 bits per heavy atom. The van der Waals surface area contributed by atoms with Crippen molar-refractivity contribution in [2.24, 2.45) is 5.92 Å². The number of carbonyl (C=O) groups is 1. The molecule has 7 heteroatoms. The number of anilines is 1. The fourth-order valence-electron chi connectivity index (χ4n) is 2.52. The molecule has 0 radical (unpaired) electrons. The summed E-state index contributed by atoms with van der Waals surface area (Å²) >= 11 is 6.09. The van der Waals surface area contributed by atoms with Gasteiger partial charge >= 0.3 is 0 Å². The van der Waals surface area contributed by atoms with E-state index in [9.17, 15) is 13.2 Å². The predicted molar refractivity (Wildman–Crippen MR) is 105 cm³/mol. The van der Waals surface area contributed by atoms with Gasteiger partial charge in [0.1, 0.15) is 6.54 Å². The van der Waals surface area contributed by atoms with Crippen molar-refractivity contribution < 1.29 is 13.2 Å². The van der Waals surface area contributed by atoms with Crippen LogP contribution in [0.5, 0.6) is 0 Å². The van der Waals surface area contributed by atoms with E-state index < -0.39 is 10.0 Å². The lowest BCUT2D eigenvalue weighted by Gasteiger charge is -2.23. The largest absolute Gasteiger partial charge is 0.354 e. The highest BCUT2D eigenvalue weighted by molar-refractivity contribution is 7.92. The van der Waals surface area contributed by atoms with Crippen LogP contribution in [0.2, 0.25) is 5.02 Å². The second kappa shape index (κ2) is 10.0. The number of unbranched alkanes of at least 4 members (excludes halogenated alkanes) is 1. The number of amides is 1. The summed E-state index contributed by atoms with van der Waals surface area (Å²) in [5.74, 6) is 0.112. The first-order valence-corrected chi connectivity index (χ1v) is 10.9. The van der Waals surface area contributed by atoms with Crippen LogP contribution in [-0.4, -0.2) is 33.7 Å². The molecule has 0 spiro atoms. The van der Waals surface area contributed by atoms with Crippen molar-refractivity contribution in [3.63, 3.8) is 0 Å². The molecule has 0 aliphatic heterocycles. The molecule has 1 aromatic carbocycles. The number of aryl methyl sites for hydroxylation is 1. The highest BCUT2D eigenvalue weighted by Crippen LogP contribution is 2.24. The molecule has 0 saturated heterocycles. The third-order valence-electron chi connectivity index (χ3n) is 4.26. The van der Waals surface area contributed by atoms with Gasteiger partial charge in [0, 0.05) is 11.6 Å². The predicted octanol–water partition coefficient (Wildman–Crippen LogP) is 3.75. The maximum Gasteiger partial charge on any atom is 0.240 e. The van der Waals surface area contributed by atoms with Crippen LogP contribution in [0.4, 0.5) is 5.69 Å². The smallest absolute Gasteiger partial charge is 0.240 e. The van der Waals surface area contributed by atoms with E-state index in [0.29, 0.717) is 23.2 Å². The van der Waals surface area contributed by atoms with E-state index in [2.05, 4.69) is 19.2 Å². The van der Waals surface area contributed by atoms with E-state index in [1.807, 2.05) is 6.92 Å². The molecular weight excluding hydrogens is 360 g/mol. The maximum atomic E-state index is 12.3. The Labute approximate surface area is 156 Å². The lowest BCUT2D eigenvalue weighted by molar-refractivity contribution is -0.119. The van der Waals surface area contributed by atoms with E-state index in [1.54, 1.807) is 18.2 Å². The molecule has 25 heavy (non-hydrogen) atoms. The summed E-state index contributed by atoms with van der Waals surface area (Å²) in [4.78, 5) is 12.3. The molecule has 1 amide bonds. The summed E-state index contributed by atoms with van der Waals surface area (Å²) < 4.78 is 25.3. The quantitative estimate of drug-likeness (QED) is 0.663. The molecule has 0 aliphatic carbocycles. The summed E-state index contributed by atoms with van der Waals surface area (Å²) in [5, 5.41) is 3.33. The van der Waals surface area contributed by atoms with Crippen LogP contribution in [0.3, 0.4) is 0 Å². The molecule has 0 bridgehead atoms. The molecule has 0 aliphatic rings. The summed E-state index contributed by atoms with van der Waals surface area (Å²) in [7, 11) is -3.59. The normalized spacial score (nSPS) is 12.7. The second-order valence-corrected chi connectivity index (χ2v) is 8.74. The number of benzene rings is 1. The number of nitrogens with zero attached hydrogens (tertiary/aromatic N) is 1. The fraction of sp³-hybridized carbons (Fsp3) is 0.611. The molecule has 0 heterocycles. The van der Waals surface area contributed by atoms with Gasteiger partial charge in [-0.15, -0.1) is 0 Å². The first kappa shape index (κ1) is 21.8. The number of nitrogens with one attached hydrogen (secondary N) is 1. The number of halogens is 1. The fourth-order valence-corrected chi connectivity index (χ4v) is 3.55. The zero-order chi connectivity index (χ0) is 19.0. The number of rotatable bonds is 10. The van der Waals surface area contributed by atoms with Gasteiger partial charge in [0.25, 0.3) is 0 Å². The van der Waals surface area contributed by atoms with E-state index in [4.69, 9.17) is 11.6 Å². The Kier molecular flexibility index (Phi) is 8.73. The van der Waals surface area contributed by atoms with Crippen molar-refractivity contribution in [2.45, 2.75) is 46.5 Å². The molecular formula is C18H29ClN2O3S. The lowest BCUT2D eigenvalue weighted by Crippen LogP contribution is -2.41. The van der Waals surface area contributed by atoms with Gasteiger partial charge in [-0.1, -0.05) is 50.8 Å². The summed E-state index contributed by atoms with van der Waals surface area (Å²) in [5.41, 5.74) is 1.25. The van der Waals surface area contributed by atoms with Gasteiger partial charge < -0.3 is 5.32 Å². The average molecular weight is 389 g/mol. The van der Waals surface area contributed by atoms with Gasteiger partial charge in [-0.05, 0) is 37.0 Å². The molecule has 1 rings (SSSR count). The molecule has 142 valence electrons. The second-order valence-electron chi connectivity index (χ2n) is 6.42. The average Bonchev–Trinajstić information content (AvgIpc) is 2.54. The minimum Gasteiger partial charge on any atom is -0.354 e. The summed E-state index contributed by atoms with van der Waals surface area (Å²) in [6, 6.07) is 4.97. The standard InChI is InChI=1S/C18H29ClN2O3S/c1-5-7-8-15(6-2)12-20-18(22)13-21(25(4,23)24)16-10-9-14(3)17(19)11-16/h9-11,15H,5-8,12-13H2,1-4H3,(H,20,22)/t15-/m1/s1. The van der Waals surface area contributed by atoms with Crippen molar-refractivity contribution >= 4 is 33.2 Å². The number of hydrogen-bond acceptors (Lipinski definition) is 3. The highest BCUT2D eigenvalue weighted by atomic mass is 35.5. The molecule has 0 saturated carbocycles. The van der Waals surface area contributed by atoms with E-state index in [-0.39, 0.29) is 12.5 Å². The monoisotopic (exact) mass is 388 g/mol. The van der Waals surface area contributed by atoms with Crippen molar-refractivity contribution in [2.75, 3.05) is 23.7 Å². The van der Waals surface area contributed by atoms with E-state index >= 15 is 0 Å². The number of sulfonamides is 1.